The molecular weight excluding hydrogens is 299 g/mol. The van der Waals surface area contributed by atoms with E-state index in [1.54, 1.807) is 19.2 Å². The molecule has 1 atom stereocenters. The van der Waals surface area contributed by atoms with E-state index >= 15 is 0 Å². The molecule has 23 heavy (non-hydrogen) atoms. The molecule has 0 fully saturated rings. The quantitative estimate of drug-likeness (QED) is 0.842. The van der Waals surface area contributed by atoms with E-state index in [-0.39, 0.29) is 36.3 Å². The van der Waals surface area contributed by atoms with Crippen molar-refractivity contribution in [2.24, 2.45) is 5.41 Å². The van der Waals surface area contributed by atoms with Gasteiger partial charge in [-0.2, -0.15) is 0 Å². The Balaban J connectivity index is 2.82. The molecule has 2 amide bonds. The summed E-state index contributed by atoms with van der Waals surface area (Å²) in [4.78, 5) is 24.2. The number of aliphatic carboxylic acids is 1. The van der Waals surface area contributed by atoms with Gasteiger partial charge in [0.25, 0.3) is 0 Å². The molecule has 0 bridgehead atoms. The first-order valence-electron chi connectivity index (χ1n) is 7.57. The summed E-state index contributed by atoms with van der Waals surface area (Å²) in [5.74, 6) is -1.28. The molecule has 6 heteroatoms. The topological polar surface area (TPSA) is 69.6 Å². The number of carbonyl (C=O) groups is 2. The van der Waals surface area contributed by atoms with Crippen LogP contribution in [-0.4, -0.2) is 35.6 Å². The summed E-state index contributed by atoms with van der Waals surface area (Å²) >= 11 is 0. The molecule has 0 radical (unpaired) electrons. The molecule has 0 saturated carbocycles. The Bertz CT molecular complexity index is 538. The van der Waals surface area contributed by atoms with Crippen LogP contribution in [0.2, 0.25) is 0 Å². The minimum absolute atomic E-state index is 0.0357. The van der Waals surface area contributed by atoms with Crippen molar-refractivity contribution in [3.05, 3.63) is 35.6 Å². The van der Waals surface area contributed by atoms with Crippen LogP contribution in [0.25, 0.3) is 0 Å². The van der Waals surface area contributed by atoms with Crippen molar-refractivity contribution in [2.75, 3.05) is 13.6 Å². The fourth-order valence-corrected chi connectivity index (χ4v) is 2.18. The molecule has 1 aromatic carbocycles. The third-order valence-electron chi connectivity index (χ3n) is 3.39. The zero-order chi connectivity index (χ0) is 17.6. The summed E-state index contributed by atoms with van der Waals surface area (Å²) in [5.41, 5.74) is 0.785. The van der Waals surface area contributed by atoms with Gasteiger partial charge < -0.3 is 15.3 Å². The van der Waals surface area contributed by atoms with Crippen molar-refractivity contribution < 1.29 is 19.1 Å². The molecule has 0 aliphatic rings. The van der Waals surface area contributed by atoms with E-state index in [4.69, 9.17) is 5.11 Å². The Morgan fingerprint density at radius 2 is 1.83 bits per heavy atom. The lowest BCUT2D eigenvalue weighted by Gasteiger charge is -2.29. The lowest BCUT2D eigenvalue weighted by molar-refractivity contribution is -0.137. The first-order chi connectivity index (χ1) is 10.6. The van der Waals surface area contributed by atoms with Gasteiger partial charge in [0.2, 0.25) is 0 Å². The Kier molecular flexibility index (Phi) is 6.54. The number of hydrogen-bond acceptors (Lipinski definition) is 2. The molecule has 1 rings (SSSR count). The van der Waals surface area contributed by atoms with Crippen LogP contribution in [0.15, 0.2) is 24.3 Å². The van der Waals surface area contributed by atoms with Gasteiger partial charge in [0.05, 0.1) is 12.5 Å². The lowest BCUT2D eigenvalue weighted by Crippen LogP contribution is -2.41. The summed E-state index contributed by atoms with van der Waals surface area (Å²) in [6, 6.07) is 5.43. The largest absolute Gasteiger partial charge is 0.481 e. The van der Waals surface area contributed by atoms with Gasteiger partial charge in [-0.15, -0.1) is 0 Å². The second-order valence-corrected chi connectivity index (χ2v) is 6.88. The number of amides is 2. The van der Waals surface area contributed by atoms with E-state index in [0.717, 1.165) is 5.56 Å². The second kappa shape index (κ2) is 7.94. The van der Waals surface area contributed by atoms with Gasteiger partial charge in [-0.3, -0.25) is 4.79 Å². The summed E-state index contributed by atoms with van der Waals surface area (Å²) < 4.78 is 13.1. The maximum atomic E-state index is 13.1. The van der Waals surface area contributed by atoms with Crippen molar-refractivity contribution in [3.8, 4) is 0 Å². The van der Waals surface area contributed by atoms with Gasteiger partial charge in [0, 0.05) is 13.6 Å². The Morgan fingerprint density at radius 1 is 1.26 bits per heavy atom. The number of carboxylic acids is 1. The van der Waals surface area contributed by atoms with Gasteiger partial charge in [0.15, 0.2) is 0 Å². The Hall–Kier alpha value is -2.11. The molecule has 0 aliphatic carbocycles. The molecule has 1 aromatic rings. The second-order valence-electron chi connectivity index (χ2n) is 6.88. The maximum Gasteiger partial charge on any atom is 0.317 e. The van der Waals surface area contributed by atoms with Gasteiger partial charge >= 0.3 is 12.0 Å². The van der Waals surface area contributed by atoms with Crippen LogP contribution < -0.4 is 5.32 Å². The number of rotatable bonds is 6. The fourth-order valence-electron chi connectivity index (χ4n) is 2.18. The molecule has 2 N–H and O–H groups in total. The SMILES string of the molecule is CN(CCC(=O)O)C(=O)NC(CC(C)(C)C)c1ccc(F)cc1. The summed E-state index contributed by atoms with van der Waals surface area (Å²) in [5, 5.41) is 11.6. The number of urea groups is 1. The van der Waals surface area contributed by atoms with Gasteiger partial charge in [0.1, 0.15) is 5.82 Å². The van der Waals surface area contributed by atoms with E-state index in [2.05, 4.69) is 26.1 Å². The van der Waals surface area contributed by atoms with Gasteiger partial charge in [-0.25, -0.2) is 9.18 Å². The average Bonchev–Trinajstić information content (AvgIpc) is 2.43. The highest BCUT2D eigenvalue weighted by Crippen LogP contribution is 2.29. The summed E-state index contributed by atoms with van der Waals surface area (Å²) in [6.07, 6.45) is 0.571. The minimum Gasteiger partial charge on any atom is -0.481 e. The van der Waals surface area contributed by atoms with Crippen LogP contribution in [0.4, 0.5) is 9.18 Å². The van der Waals surface area contributed by atoms with E-state index in [1.807, 2.05) is 0 Å². The Morgan fingerprint density at radius 3 is 2.30 bits per heavy atom. The molecule has 1 unspecified atom stereocenters. The molecule has 0 aliphatic heterocycles. The number of carboxylic acid groups (broad SMARTS) is 1. The van der Waals surface area contributed by atoms with E-state index in [1.165, 1.54) is 17.0 Å². The highest BCUT2D eigenvalue weighted by Gasteiger charge is 2.23. The number of nitrogens with one attached hydrogen (secondary N) is 1. The molecule has 0 aromatic heterocycles. The van der Waals surface area contributed by atoms with E-state index < -0.39 is 5.97 Å². The Labute approximate surface area is 136 Å². The summed E-state index contributed by atoms with van der Waals surface area (Å²) in [7, 11) is 1.55. The molecule has 128 valence electrons. The van der Waals surface area contributed by atoms with Crippen molar-refractivity contribution in [2.45, 2.75) is 39.7 Å². The first kappa shape index (κ1) is 18.9. The number of nitrogens with zero attached hydrogens (tertiary/aromatic N) is 1. The number of halogens is 1. The predicted molar refractivity (Wildman–Crippen MR) is 86.6 cm³/mol. The molecule has 5 nitrogen and oxygen atoms in total. The van der Waals surface area contributed by atoms with Crippen molar-refractivity contribution in [3.63, 3.8) is 0 Å². The normalized spacial score (nSPS) is 12.6. The fraction of sp³-hybridized carbons (Fsp3) is 0.529. The lowest BCUT2D eigenvalue weighted by atomic mass is 9.85. The van der Waals surface area contributed by atoms with Crippen LogP contribution >= 0.6 is 0 Å². The predicted octanol–water partition coefficient (Wildman–Crippen LogP) is 3.42. The van der Waals surface area contributed by atoms with Gasteiger partial charge in [-0.05, 0) is 29.5 Å². The summed E-state index contributed by atoms with van der Waals surface area (Å²) in [6.45, 7) is 6.31. The third-order valence-corrected chi connectivity index (χ3v) is 3.39. The molecule has 0 heterocycles. The number of hydrogen-bond donors (Lipinski definition) is 2. The van der Waals surface area contributed by atoms with Crippen LogP contribution in [0.1, 0.15) is 45.2 Å². The van der Waals surface area contributed by atoms with Crippen LogP contribution in [0.3, 0.4) is 0 Å². The monoisotopic (exact) mass is 324 g/mol. The zero-order valence-electron chi connectivity index (χ0n) is 14.1. The third kappa shape index (κ3) is 7.13. The highest BCUT2D eigenvalue weighted by atomic mass is 19.1. The van der Waals surface area contributed by atoms with Crippen molar-refractivity contribution in [1.82, 2.24) is 10.2 Å². The number of carbonyl (C=O) groups excluding carboxylic acids is 1. The zero-order valence-corrected chi connectivity index (χ0v) is 14.1. The van der Waals surface area contributed by atoms with Crippen molar-refractivity contribution >= 4 is 12.0 Å². The minimum atomic E-state index is -0.950. The van der Waals surface area contributed by atoms with E-state index in [9.17, 15) is 14.0 Å². The van der Waals surface area contributed by atoms with Crippen LogP contribution in [0.5, 0.6) is 0 Å². The first-order valence-corrected chi connectivity index (χ1v) is 7.57. The average molecular weight is 324 g/mol. The smallest absolute Gasteiger partial charge is 0.317 e. The van der Waals surface area contributed by atoms with E-state index in [0.29, 0.717) is 6.42 Å². The number of benzene rings is 1. The molecule has 0 saturated heterocycles. The molecule has 0 spiro atoms. The van der Waals surface area contributed by atoms with Crippen LogP contribution in [-0.2, 0) is 4.79 Å². The van der Waals surface area contributed by atoms with Gasteiger partial charge in [-0.1, -0.05) is 32.9 Å². The molecular formula is C17H25FN2O3. The standard InChI is InChI=1S/C17H25FN2O3/c1-17(2,3)11-14(12-5-7-13(18)8-6-12)19-16(23)20(4)10-9-15(21)22/h5-8,14H,9-11H2,1-4H3,(H,19,23)(H,21,22). The maximum absolute atomic E-state index is 13.1. The van der Waals surface area contributed by atoms with Crippen molar-refractivity contribution in [1.29, 1.82) is 0 Å². The van der Waals surface area contributed by atoms with Crippen LogP contribution in [0, 0.1) is 11.2 Å². The highest BCUT2D eigenvalue weighted by molar-refractivity contribution is 5.75.